The fraction of sp³-hybridized carbons (Fsp3) is 0.107. The number of pyridine rings is 3. The summed E-state index contributed by atoms with van der Waals surface area (Å²) < 4.78 is 14.0. The molecule has 0 saturated carbocycles. The Kier molecular flexibility index (Phi) is 5.76. The van der Waals surface area contributed by atoms with Crippen LogP contribution in [0.15, 0.2) is 67.3 Å². The van der Waals surface area contributed by atoms with Crippen molar-refractivity contribution in [3.63, 3.8) is 0 Å². The molecule has 1 amide bonds. The second kappa shape index (κ2) is 9.40. The second-order valence-corrected chi connectivity index (χ2v) is 8.96. The van der Waals surface area contributed by atoms with Crippen LogP contribution in [0.1, 0.15) is 19.8 Å². The maximum absolute atomic E-state index is 14.0. The maximum Gasteiger partial charge on any atom is 0.224 e. The largest absolute Gasteiger partial charge is 0.508 e. The van der Waals surface area contributed by atoms with Crippen molar-refractivity contribution in [3.05, 3.63) is 73.1 Å². The second-order valence-electron chi connectivity index (χ2n) is 8.96. The zero-order valence-corrected chi connectivity index (χ0v) is 20.3. The number of hydrogen-bond donors (Lipinski definition) is 4. The first-order chi connectivity index (χ1) is 18.5. The molecule has 0 aliphatic heterocycles. The summed E-state index contributed by atoms with van der Waals surface area (Å²) in [6, 6.07) is 11.4. The summed E-state index contributed by atoms with van der Waals surface area (Å²) >= 11 is 0. The first kappa shape index (κ1) is 23.3. The number of hydrogen-bond acceptors (Lipinski definition) is 6. The minimum absolute atomic E-state index is 0.0572. The number of carbonyl (C=O) groups is 1. The van der Waals surface area contributed by atoms with Gasteiger partial charge in [0, 0.05) is 64.1 Å². The van der Waals surface area contributed by atoms with Crippen LogP contribution in [0.4, 0.5) is 10.1 Å². The van der Waals surface area contributed by atoms with Crippen molar-refractivity contribution in [1.29, 1.82) is 0 Å². The van der Waals surface area contributed by atoms with Gasteiger partial charge in [-0.05, 0) is 42.8 Å². The predicted octanol–water partition coefficient (Wildman–Crippen LogP) is 5.81. The molecular weight excluding hydrogens is 485 g/mol. The summed E-state index contributed by atoms with van der Waals surface area (Å²) in [5, 5.41) is 21.7. The number of aromatic nitrogens is 6. The Morgan fingerprint density at radius 1 is 1.00 bits per heavy atom. The van der Waals surface area contributed by atoms with E-state index >= 15 is 0 Å². The van der Waals surface area contributed by atoms with Gasteiger partial charge >= 0.3 is 0 Å². The van der Waals surface area contributed by atoms with Crippen molar-refractivity contribution in [2.24, 2.45) is 0 Å². The molecule has 10 heteroatoms. The lowest BCUT2D eigenvalue weighted by Gasteiger charge is -2.07. The van der Waals surface area contributed by atoms with Crippen molar-refractivity contribution < 1.29 is 14.3 Å². The Hall–Kier alpha value is -5.12. The molecular formula is C28H22FN7O2. The fourth-order valence-corrected chi connectivity index (χ4v) is 4.51. The van der Waals surface area contributed by atoms with E-state index in [0.29, 0.717) is 29.0 Å². The molecule has 0 atom stereocenters. The summed E-state index contributed by atoms with van der Waals surface area (Å²) in [5.74, 6) is -0.772. The zero-order valence-electron chi connectivity index (χ0n) is 20.3. The number of carbonyl (C=O) groups excluding carboxylic acids is 1. The van der Waals surface area contributed by atoms with Crippen LogP contribution in [-0.4, -0.2) is 41.1 Å². The molecule has 0 bridgehead atoms. The van der Waals surface area contributed by atoms with E-state index in [9.17, 15) is 14.3 Å². The quantitative estimate of drug-likeness (QED) is 0.225. The van der Waals surface area contributed by atoms with Gasteiger partial charge < -0.3 is 15.4 Å². The minimum atomic E-state index is -0.545. The molecule has 0 unspecified atom stereocenters. The summed E-state index contributed by atoms with van der Waals surface area (Å²) in [4.78, 5) is 28.6. The Balaban J connectivity index is 1.41. The number of aromatic amines is 2. The average Bonchev–Trinajstić information content (AvgIpc) is 3.52. The van der Waals surface area contributed by atoms with Gasteiger partial charge in [-0.2, -0.15) is 5.10 Å². The lowest BCUT2D eigenvalue weighted by atomic mass is 10.1. The van der Waals surface area contributed by atoms with Gasteiger partial charge in [-0.25, -0.2) is 9.37 Å². The zero-order chi connectivity index (χ0) is 26.2. The maximum atomic E-state index is 14.0. The van der Waals surface area contributed by atoms with E-state index in [1.165, 1.54) is 12.1 Å². The molecule has 5 heterocycles. The van der Waals surface area contributed by atoms with Gasteiger partial charge in [-0.3, -0.25) is 19.9 Å². The number of fused-ring (bicyclic) bond motifs is 2. The number of nitrogens with zero attached hydrogens (tertiary/aromatic N) is 4. The van der Waals surface area contributed by atoms with Crippen LogP contribution in [0.3, 0.4) is 0 Å². The van der Waals surface area contributed by atoms with Crippen LogP contribution < -0.4 is 5.32 Å². The third-order valence-corrected chi connectivity index (χ3v) is 6.22. The lowest BCUT2D eigenvalue weighted by Crippen LogP contribution is -2.10. The van der Waals surface area contributed by atoms with Gasteiger partial charge in [0.25, 0.3) is 0 Å². The molecule has 9 nitrogen and oxygen atoms in total. The van der Waals surface area contributed by atoms with E-state index < -0.39 is 5.82 Å². The van der Waals surface area contributed by atoms with Crippen molar-refractivity contribution >= 4 is 33.5 Å². The highest BCUT2D eigenvalue weighted by Gasteiger charge is 2.16. The first-order valence-electron chi connectivity index (χ1n) is 12.1. The topological polar surface area (TPSA) is 132 Å². The Morgan fingerprint density at radius 3 is 2.71 bits per heavy atom. The number of halogens is 1. The highest BCUT2D eigenvalue weighted by Crippen LogP contribution is 2.35. The van der Waals surface area contributed by atoms with Gasteiger partial charge in [0.2, 0.25) is 5.91 Å². The average molecular weight is 508 g/mol. The van der Waals surface area contributed by atoms with E-state index in [4.69, 9.17) is 0 Å². The summed E-state index contributed by atoms with van der Waals surface area (Å²) in [6.45, 7) is 1.95. The van der Waals surface area contributed by atoms with Crippen LogP contribution in [0.25, 0.3) is 55.7 Å². The number of rotatable bonds is 6. The van der Waals surface area contributed by atoms with Crippen LogP contribution in [0.5, 0.6) is 5.75 Å². The van der Waals surface area contributed by atoms with Crippen LogP contribution in [-0.2, 0) is 4.79 Å². The number of nitrogens with one attached hydrogen (secondary N) is 3. The van der Waals surface area contributed by atoms with Gasteiger partial charge in [-0.1, -0.05) is 6.92 Å². The molecule has 6 aromatic rings. The Morgan fingerprint density at radius 2 is 1.87 bits per heavy atom. The number of amides is 1. The molecule has 5 aromatic heterocycles. The number of phenolic OH excluding ortho intramolecular Hbond substituents is 1. The SMILES string of the molecule is CCCC(=O)Nc1cncc(-c2cnc3n[nH]c(-c4cc5c(-c6cc(O)cc(F)c6)nccc5[nH]4)c3c2)c1. The molecule has 0 aliphatic rings. The number of benzene rings is 1. The highest BCUT2D eigenvalue weighted by atomic mass is 19.1. The molecule has 0 aliphatic carbocycles. The molecule has 4 N–H and O–H groups in total. The molecule has 0 fully saturated rings. The first-order valence-corrected chi connectivity index (χ1v) is 12.1. The fourth-order valence-electron chi connectivity index (χ4n) is 4.51. The Labute approximate surface area is 215 Å². The number of H-pyrrole nitrogens is 2. The van der Waals surface area contributed by atoms with E-state index in [-0.39, 0.29) is 11.7 Å². The molecule has 1 aromatic carbocycles. The summed E-state index contributed by atoms with van der Waals surface area (Å²) in [6.07, 6.45) is 7.88. The third kappa shape index (κ3) is 4.32. The van der Waals surface area contributed by atoms with E-state index in [1.807, 2.05) is 31.2 Å². The van der Waals surface area contributed by atoms with Crippen LogP contribution in [0, 0.1) is 5.82 Å². The van der Waals surface area contributed by atoms with Crippen molar-refractivity contribution in [2.75, 3.05) is 5.32 Å². The van der Waals surface area contributed by atoms with Gasteiger partial charge in [-0.15, -0.1) is 0 Å². The van der Waals surface area contributed by atoms with Crippen LogP contribution >= 0.6 is 0 Å². The number of aromatic hydroxyl groups is 1. The van der Waals surface area contributed by atoms with Crippen molar-refractivity contribution in [3.8, 4) is 39.5 Å². The summed E-state index contributed by atoms with van der Waals surface area (Å²) in [5.41, 5.74) is 6.03. The predicted molar refractivity (Wildman–Crippen MR) is 143 cm³/mol. The Bertz CT molecular complexity index is 1810. The lowest BCUT2D eigenvalue weighted by molar-refractivity contribution is -0.116. The smallest absolute Gasteiger partial charge is 0.224 e. The van der Waals surface area contributed by atoms with Gasteiger partial charge in [0.15, 0.2) is 5.65 Å². The van der Waals surface area contributed by atoms with Gasteiger partial charge in [0.1, 0.15) is 11.6 Å². The number of anilines is 1. The van der Waals surface area contributed by atoms with E-state index in [2.05, 4.69) is 35.5 Å². The monoisotopic (exact) mass is 507 g/mol. The van der Waals surface area contributed by atoms with Crippen molar-refractivity contribution in [2.45, 2.75) is 19.8 Å². The highest BCUT2D eigenvalue weighted by molar-refractivity contribution is 6.00. The van der Waals surface area contributed by atoms with Crippen molar-refractivity contribution in [1.82, 2.24) is 30.1 Å². The van der Waals surface area contributed by atoms with Crippen LogP contribution in [0.2, 0.25) is 0 Å². The minimum Gasteiger partial charge on any atom is -0.508 e. The van der Waals surface area contributed by atoms with Gasteiger partial charge in [0.05, 0.1) is 29.0 Å². The summed E-state index contributed by atoms with van der Waals surface area (Å²) in [7, 11) is 0. The third-order valence-electron chi connectivity index (χ3n) is 6.22. The molecule has 0 radical (unpaired) electrons. The molecule has 0 saturated heterocycles. The molecule has 188 valence electrons. The molecule has 38 heavy (non-hydrogen) atoms. The standard InChI is InChI=1S/C28H22FN7O2/c1-2-3-25(38)33-19-7-16(12-30-14-19)17-9-22-27(35-36-28(22)32-13-17)24-11-21-23(34-24)4-5-31-26(21)15-6-18(29)10-20(37)8-15/h4-14,34,37H,2-3H2,1H3,(H,33,38)(H,32,35,36). The van der Waals surface area contributed by atoms with E-state index in [1.54, 1.807) is 24.8 Å². The normalized spacial score (nSPS) is 11.3. The molecule has 0 spiro atoms. The number of phenols is 1. The van der Waals surface area contributed by atoms with E-state index in [0.717, 1.165) is 51.3 Å². The molecule has 6 rings (SSSR count).